The second-order valence-electron chi connectivity index (χ2n) is 1.16. The Bertz CT molecular complexity index is 176. The van der Waals surface area contributed by atoms with Crippen molar-refractivity contribution in [2.45, 2.75) is 13.3 Å². The Kier molecular flexibility index (Phi) is 14.6. The molecule has 0 saturated heterocycles. The molecule has 0 aromatic rings. The maximum absolute atomic E-state index is 9.37. The fraction of sp³-hybridized carbons (Fsp3) is 0.667. The molecule has 0 aliphatic rings. The smallest absolute Gasteiger partial charge is 0.759 e. The third kappa shape index (κ3) is 102. The molecular weight excluding hydrogens is 301 g/mol. The third-order valence-electron chi connectivity index (χ3n) is 0.302. The van der Waals surface area contributed by atoms with Gasteiger partial charge in [-0.2, -0.15) is 0 Å². The molecular formula is C3H6BaO6S. The maximum atomic E-state index is 9.37. The normalized spacial score (nSPS) is 8.64. The van der Waals surface area contributed by atoms with Gasteiger partial charge in [0, 0.05) is 16.8 Å². The van der Waals surface area contributed by atoms with Crippen molar-refractivity contribution in [1.82, 2.24) is 0 Å². The van der Waals surface area contributed by atoms with E-state index < -0.39 is 16.4 Å². The summed E-state index contributed by atoms with van der Waals surface area (Å²) >= 11 is 0. The van der Waals surface area contributed by atoms with Gasteiger partial charge < -0.3 is 14.2 Å². The Morgan fingerprint density at radius 2 is 1.55 bits per heavy atom. The third-order valence-corrected chi connectivity index (χ3v) is 0.302. The summed E-state index contributed by atoms with van der Waals surface area (Å²) in [4.78, 5) is 9.37. The summed E-state index contributed by atoms with van der Waals surface area (Å²) in [6.45, 7) is 1.60. The molecule has 0 unspecified atom stereocenters. The van der Waals surface area contributed by atoms with Gasteiger partial charge in [0.15, 0.2) is 0 Å². The molecule has 0 aromatic heterocycles. The van der Waals surface area contributed by atoms with Gasteiger partial charge in [-0.25, -0.2) is 0 Å². The summed E-state index contributed by atoms with van der Waals surface area (Å²) < 4.78 is 34.1. The van der Waals surface area contributed by atoms with Crippen LogP contribution in [0.2, 0.25) is 0 Å². The topological polar surface area (TPSA) is 118 Å². The minimum absolute atomic E-state index is 0. The largest absolute Gasteiger partial charge is 2.00 e. The second kappa shape index (κ2) is 9.00. The van der Waals surface area contributed by atoms with Crippen molar-refractivity contribution >= 4 is 65.2 Å². The maximum Gasteiger partial charge on any atom is 2.00 e. The van der Waals surface area contributed by atoms with Crippen molar-refractivity contribution in [3.8, 4) is 0 Å². The van der Waals surface area contributed by atoms with Crippen LogP contribution in [0.5, 0.6) is 0 Å². The van der Waals surface area contributed by atoms with Crippen LogP contribution in [-0.2, 0) is 15.2 Å². The number of rotatable bonds is 1. The van der Waals surface area contributed by atoms with Crippen LogP contribution in [0.25, 0.3) is 0 Å². The number of aliphatic carboxylic acids is 1. The fourth-order valence-electron chi connectivity index (χ4n) is 0. The monoisotopic (exact) mass is 308 g/mol. The van der Waals surface area contributed by atoms with Gasteiger partial charge in [0.2, 0.25) is 0 Å². The Labute approximate surface area is 105 Å². The first-order chi connectivity index (χ1) is 4.27. The summed E-state index contributed by atoms with van der Waals surface area (Å²) in [6, 6.07) is 0. The van der Waals surface area contributed by atoms with Crippen LogP contribution < -0.4 is 0 Å². The van der Waals surface area contributed by atoms with Crippen LogP contribution in [0.4, 0.5) is 0 Å². The Morgan fingerprint density at radius 3 is 1.55 bits per heavy atom. The fourth-order valence-corrected chi connectivity index (χ4v) is 0. The van der Waals surface area contributed by atoms with Crippen LogP contribution >= 0.6 is 0 Å². The molecule has 6 nitrogen and oxygen atoms in total. The van der Waals surface area contributed by atoms with Crippen molar-refractivity contribution in [2.75, 3.05) is 0 Å². The molecule has 0 heterocycles. The van der Waals surface area contributed by atoms with E-state index in [1.54, 1.807) is 6.92 Å². The zero-order valence-electron chi connectivity index (χ0n) is 5.81. The van der Waals surface area contributed by atoms with Gasteiger partial charge in [-0.05, 0) is 0 Å². The van der Waals surface area contributed by atoms with E-state index in [0.717, 1.165) is 0 Å². The molecule has 0 fully saturated rings. The van der Waals surface area contributed by atoms with E-state index in [1.165, 1.54) is 0 Å². The van der Waals surface area contributed by atoms with Gasteiger partial charge in [0.05, 0.1) is 0 Å². The molecule has 0 aromatic carbocycles. The second-order valence-corrected chi connectivity index (χ2v) is 1.97. The van der Waals surface area contributed by atoms with Crippen molar-refractivity contribution in [1.29, 1.82) is 0 Å². The Balaban J connectivity index is -0.000000107. The predicted octanol–water partition coefficient (Wildman–Crippen LogP) is -1.24. The van der Waals surface area contributed by atoms with Gasteiger partial charge in [0.1, 0.15) is 0 Å². The summed E-state index contributed by atoms with van der Waals surface area (Å²) in [6.07, 6.45) is 0.222. The van der Waals surface area contributed by atoms with E-state index in [4.69, 9.17) is 22.6 Å². The Morgan fingerprint density at radius 1 is 1.45 bits per heavy atom. The summed E-state index contributed by atoms with van der Waals surface area (Å²) in [7, 11) is -5.17. The standard InChI is InChI=1S/C3H6O2.Ba.H2O4S/c1-2-3(4)5;;1-5(2,3)4/h2H2,1H3,(H,4,5);;(H2,1,2,3,4)/q;+2;/p-2. The number of carboxylic acid groups (broad SMARTS) is 1. The number of hydrogen-bond donors (Lipinski definition) is 1. The molecule has 0 atom stereocenters. The van der Waals surface area contributed by atoms with Gasteiger partial charge in [-0.15, -0.1) is 0 Å². The number of carbonyl (C=O) groups is 1. The van der Waals surface area contributed by atoms with Crippen molar-refractivity contribution < 1.29 is 27.4 Å². The minimum atomic E-state index is -5.17. The van der Waals surface area contributed by atoms with Crippen molar-refractivity contribution in [2.24, 2.45) is 0 Å². The molecule has 0 saturated carbocycles. The first kappa shape index (κ1) is 17.9. The molecule has 0 spiro atoms. The van der Waals surface area contributed by atoms with E-state index in [0.29, 0.717) is 0 Å². The van der Waals surface area contributed by atoms with E-state index in [9.17, 15) is 4.79 Å². The van der Waals surface area contributed by atoms with E-state index in [1.807, 2.05) is 0 Å². The molecule has 0 rings (SSSR count). The molecule has 0 radical (unpaired) electrons. The van der Waals surface area contributed by atoms with Crippen LogP contribution in [0.1, 0.15) is 13.3 Å². The molecule has 0 aliphatic carbocycles. The van der Waals surface area contributed by atoms with Crippen LogP contribution in [0.15, 0.2) is 0 Å². The van der Waals surface area contributed by atoms with Crippen molar-refractivity contribution in [3.05, 3.63) is 0 Å². The van der Waals surface area contributed by atoms with E-state index >= 15 is 0 Å². The molecule has 11 heavy (non-hydrogen) atoms. The van der Waals surface area contributed by atoms with Crippen LogP contribution in [0, 0.1) is 0 Å². The van der Waals surface area contributed by atoms with Gasteiger partial charge in [-0.3, -0.25) is 13.2 Å². The SMILES string of the molecule is CCC(=O)O.O=S(=O)([O-])[O-].[Ba+2]. The average Bonchev–Trinajstić information content (AvgIpc) is 1.61. The minimum Gasteiger partial charge on any atom is -0.759 e. The number of hydrogen-bond acceptors (Lipinski definition) is 5. The van der Waals surface area contributed by atoms with Gasteiger partial charge >= 0.3 is 54.9 Å². The zero-order chi connectivity index (χ0) is 8.78. The zero-order valence-corrected chi connectivity index (χ0v) is 11.1. The Hall–Kier alpha value is 0.911. The molecule has 0 aliphatic heterocycles. The van der Waals surface area contributed by atoms with E-state index in [-0.39, 0.29) is 55.3 Å². The average molecular weight is 307 g/mol. The van der Waals surface area contributed by atoms with Crippen LogP contribution in [0.3, 0.4) is 0 Å². The molecule has 62 valence electrons. The number of carboxylic acids is 1. The van der Waals surface area contributed by atoms with Gasteiger partial charge in [0.25, 0.3) is 0 Å². The first-order valence-corrected chi connectivity index (χ1v) is 3.49. The van der Waals surface area contributed by atoms with Gasteiger partial charge in [-0.1, -0.05) is 6.92 Å². The summed E-state index contributed by atoms with van der Waals surface area (Å²) in [5.41, 5.74) is 0. The predicted molar refractivity (Wildman–Crippen MR) is 34.2 cm³/mol. The van der Waals surface area contributed by atoms with Crippen LogP contribution in [-0.4, -0.2) is 77.5 Å². The summed E-state index contributed by atoms with van der Waals surface area (Å²) in [5, 5.41) is 7.72. The molecule has 0 bridgehead atoms. The van der Waals surface area contributed by atoms with E-state index in [2.05, 4.69) is 0 Å². The summed E-state index contributed by atoms with van der Waals surface area (Å²) in [5.74, 6) is -0.745. The molecule has 8 heteroatoms. The molecule has 1 N–H and O–H groups in total. The quantitative estimate of drug-likeness (QED) is 0.368. The molecule has 0 amide bonds. The first-order valence-electron chi connectivity index (χ1n) is 2.16. The van der Waals surface area contributed by atoms with Crippen molar-refractivity contribution in [3.63, 3.8) is 0 Å².